The van der Waals surface area contributed by atoms with Gasteiger partial charge in [0.05, 0.1) is 16.2 Å². The van der Waals surface area contributed by atoms with Crippen molar-refractivity contribution in [2.75, 3.05) is 11.9 Å². The Bertz CT molecular complexity index is 1220. The molecule has 3 aromatic rings. The van der Waals surface area contributed by atoms with Crippen LogP contribution in [-0.4, -0.2) is 28.4 Å². The number of hydrogen-bond donors (Lipinski definition) is 1. The summed E-state index contributed by atoms with van der Waals surface area (Å²) in [6, 6.07) is 8.27. The first-order valence-corrected chi connectivity index (χ1v) is 10.1. The molecule has 3 rings (SSSR count). The number of carbonyl (C=O) groups is 2. The Morgan fingerprint density at radius 2 is 1.82 bits per heavy atom. The molecule has 1 heterocycles. The Labute approximate surface area is 189 Å². The first-order chi connectivity index (χ1) is 15.5. The quantitative estimate of drug-likeness (QED) is 0.297. The molecular weight excluding hydrogens is 463 g/mol. The van der Waals surface area contributed by atoms with Crippen molar-refractivity contribution in [2.24, 2.45) is 0 Å². The van der Waals surface area contributed by atoms with Crippen molar-refractivity contribution in [3.8, 4) is 10.6 Å². The fourth-order valence-electron chi connectivity index (χ4n) is 2.80. The summed E-state index contributed by atoms with van der Waals surface area (Å²) in [6.07, 6.45) is -4.46. The molecule has 0 aliphatic carbocycles. The van der Waals surface area contributed by atoms with E-state index < -0.39 is 35.1 Å². The lowest BCUT2D eigenvalue weighted by Crippen LogP contribution is -2.21. The van der Waals surface area contributed by atoms with E-state index in [-0.39, 0.29) is 10.6 Å². The lowest BCUT2D eigenvalue weighted by Gasteiger charge is -2.08. The van der Waals surface area contributed by atoms with Crippen LogP contribution in [0.2, 0.25) is 0 Å². The molecule has 2 aromatic carbocycles. The average molecular weight is 479 g/mol. The van der Waals surface area contributed by atoms with Gasteiger partial charge >= 0.3 is 12.1 Å². The van der Waals surface area contributed by atoms with E-state index in [4.69, 9.17) is 4.74 Å². The number of halogens is 3. The van der Waals surface area contributed by atoms with Crippen LogP contribution >= 0.6 is 11.3 Å². The number of benzene rings is 2. The highest BCUT2D eigenvalue weighted by atomic mass is 32.1. The topological polar surface area (TPSA) is 111 Å². The zero-order valence-electron chi connectivity index (χ0n) is 17.2. The third kappa shape index (κ3) is 5.71. The number of aromatic nitrogens is 1. The number of nitro groups is 1. The van der Waals surface area contributed by atoms with E-state index in [1.165, 1.54) is 30.3 Å². The molecule has 0 fully saturated rings. The number of hydrogen-bond acceptors (Lipinski definition) is 7. The summed E-state index contributed by atoms with van der Waals surface area (Å²) in [5.41, 5.74) is 0.589. The molecule has 0 spiro atoms. The van der Waals surface area contributed by atoms with Crippen LogP contribution in [0.15, 0.2) is 42.5 Å². The van der Waals surface area contributed by atoms with E-state index in [1.807, 2.05) is 0 Å². The van der Waals surface area contributed by atoms with Crippen LogP contribution < -0.4 is 5.32 Å². The van der Waals surface area contributed by atoms with Crippen molar-refractivity contribution >= 4 is 34.6 Å². The van der Waals surface area contributed by atoms with E-state index in [0.717, 1.165) is 23.5 Å². The minimum absolute atomic E-state index is 0.115. The molecule has 0 saturated carbocycles. The lowest BCUT2D eigenvalue weighted by molar-refractivity contribution is -0.384. The third-order valence-corrected chi connectivity index (χ3v) is 5.66. The molecule has 12 heteroatoms. The number of aryl methyl sites for hydroxylation is 2. The lowest BCUT2D eigenvalue weighted by atomic mass is 10.1. The zero-order valence-corrected chi connectivity index (χ0v) is 18.0. The summed E-state index contributed by atoms with van der Waals surface area (Å²) in [5, 5.41) is 13.6. The number of alkyl halides is 3. The van der Waals surface area contributed by atoms with Gasteiger partial charge in [-0.25, -0.2) is 9.78 Å². The second-order valence-corrected chi connectivity index (χ2v) is 7.89. The van der Waals surface area contributed by atoms with E-state index in [0.29, 0.717) is 27.5 Å². The maximum absolute atomic E-state index is 12.7. The molecule has 0 aliphatic rings. The first-order valence-electron chi connectivity index (χ1n) is 9.33. The van der Waals surface area contributed by atoms with E-state index in [2.05, 4.69) is 10.3 Å². The highest BCUT2D eigenvalue weighted by Gasteiger charge is 2.30. The van der Waals surface area contributed by atoms with Gasteiger partial charge in [0.1, 0.15) is 9.88 Å². The minimum atomic E-state index is -4.46. The highest BCUT2D eigenvalue weighted by Crippen LogP contribution is 2.33. The summed E-state index contributed by atoms with van der Waals surface area (Å²) in [4.78, 5) is 39.0. The number of rotatable bonds is 6. The molecule has 1 amide bonds. The van der Waals surface area contributed by atoms with Gasteiger partial charge in [-0.05, 0) is 37.6 Å². The Hall–Kier alpha value is -3.80. The van der Waals surface area contributed by atoms with Crippen molar-refractivity contribution in [1.82, 2.24) is 4.98 Å². The van der Waals surface area contributed by atoms with Gasteiger partial charge in [-0.2, -0.15) is 13.2 Å². The van der Waals surface area contributed by atoms with Crippen molar-refractivity contribution in [2.45, 2.75) is 20.0 Å². The number of thiazole rings is 1. The predicted octanol–water partition coefficient (Wildman–Crippen LogP) is 5.15. The molecule has 0 saturated heterocycles. The van der Waals surface area contributed by atoms with Gasteiger partial charge in [0.15, 0.2) is 6.61 Å². The largest absolute Gasteiger partial charge is 0.451 e. The third-order valence-electron chi connectivity index (χ3n) is 4.47. The van der Waals surface area contributed by atoms with Gasteiger partial charge in [-0.15, -0.1) is 11.3 Å². The van der Waals surface area contributed by atoms with E-state index in [1.54, 1.807) is 13.8 Å². The minimum Gasteiger partial charge on any atom is -0.451 e. The molecule has 0 bridgehead atoms. The predicted molar refractivity (Wildman–Crippen MR) is 114 cm³/mol. The van der Waals surface area contributed by atoms with Gasteiger partial charge in [0.2, 0.25) is 0 Å². The number of carbonyl (C=O) groups excluding carboxylic acids is 2. The Kier molecular flexibility index (Phi) is 6.77. The fraction of sp³-hybridized carbons (Fsp3) is 0.190. The Morgan fingerprint density at radius 3 is 2.39 bits per heavy atom. The number of ether oxygens (including phenoxy) is 1. The monoisotopic (exact) mass is 479 g/mol. The molecule has 1 N–H and O–H groups in total. The molecule has 8 nitrogen and oxygen atoms in total. The van der Waals surface area contributed by atoms with Crippen molar-refractivity contribution in [3.63, 3.8) is 0 Å². The van der Waals surface area contributed by atoms with Crippen molar-refractivity contribution in [1.29, 1.82) is 0 Å². The zero-order chi connectivity index (χ0) is 24.3. The maximum Gasteiger partial charge on any atom is 0.416 e. The van der Waals surface area contributed by atoms with Gasteiger partial charge in [0, 0.05) is 23.4 Å². The summed E-state index contributed by atoms with van der Waals surface area (Å²) in [6.45, 7) is 2.52. The van der Waals surface area contributed by atoms with Crippen LogP contribution in [0.4, 0.5) is 24.5 Å². The number of nitro benzene ring substituents is 1. The standard InChI is InChI=1S/C21H16F3N3O5S/c1-11-9-15(27(30)31)7-8-16(11)26-17(28)10-32-20(29)18-12(2)25-19(33-18)13-3-5-14(6-4-13)21(22,23)24/h3-9H,10H2,1-2H3,(H,26,28). The van der Waals surface area contributed by atoms with Crippen LogP contribution in [0.1, 0.15) is 26.5 Å². The molecule has 0 atom stereocenters. The van der Waals surface area contributed by atoms with Gasteiger partial charge < -0.3 is 10.1 Å². The van der Waals surface area contributed by atoms with Crippen LogP contribution in [0.3, 0.4) is 0 Å². The number of anilines is 1. The van der Waals surface area contributed by atoms with Crippen molar-refractivity contribution in [3.05, 3.63) is 74.3 Å². The van der Waals surface area contributed by atoms with Crippen LogP contribution in [0.5, 0.6) is 0 Å². The van der Waals surface area contributed by atoms with E-state index >= 15 is 0 Å². The van der Waals surface area contributed by atoms with Gasteiger partial charge in [-0.3, -0.25) is 14.9 Å². The normalized spacial score (nSPS) is 11.2. The fourth-order valence-corrected chi connectivity index (χ4v) is 3.76. The molecular formula is C21H16F3N3O5S. The second kappa shape index (κ2) is 9.36. The smallest absolute Gasteiger partial charge is 0.416 e. The average Bonchev–Trinajstić information content (AvgIpc) is 3.14. The SMILES string of the molecule is Cc1cc([N+](=O)[O-])ccc1NC(=O)COC(=O)c1sc(-c2ccc(C(F)(F)F)cc2)nc1C. The van der Waals surface area contributed by atoms with Crippen molar-refractivity contribution < 1.29 is 32.4 Å². The number of non-ortho nitro benzene ring substituents is 1. The highest BCUT2D eigenvalue weighted by molar-refractivity contribution is 7.17. The van der Waals surface area contributed by atoms with Crippen LogP contribution in [-0.2, 0) is 15.7 Å². The number of amides is 1. The number of nitrogens with one attached hydrogen (secondary N) is 1. The number of nitrogens with zero attached hydrogens (tertiary/aromatic N) is 2. The summed E-state index contributed by atoms with van der Waals surface area (Å²) >= 11 is 0.934. The molecule has 33 heavy (non-hydrogen) atoms. The molecule has 1 aromatic heterocycles. The summed E-state index contributed by atoms with van der Waals surface area (Å²) in [7, 11) is 0. The van der Waals surface area contributed by atoms with Crippen LogP contribution in [0, 0.1) is 24.0 Å². The Balaban J connectivity index is 1.63. The van der Waals surface area contributed by atoms with Crippen LogP contribution in [0.25, 0.3) is 10.6 Å². The second-order valence-electron chi connectivity index (χ2n) is 6.89. The molecule has 0 unspecified atom stereocenters. The van der Waals surface area contributed by atoms with Gasteiger partial charge in [0.25, 0.3) is 11.6 Å². The summed E-state index contributed by atoms with van der Waals surface area (Å²) in [5.74, 6) is -1.45. The van der Waals surface area contributed by atoms with Gasteiger partial charge in [-0.1, -0.05) is 12.1 Å². The van der Waals surface area contributed by atoms with E-state index in [9.17, 15) is 32.9 Å². The first kappa shape index (κ1) is 23.9. The summed E-state index contributed by atoms with van der Waals surface area (Å²) < 4.78 is 43.2. The Morgan fingerprint density at radius 1 is 1.15 bits per heavy atom. The molecule has 172 valence electrons. The molecule has 0 radical (unpaired) electrons. The number of esters is 1. The maximum atomic E-state index is 12.7. The molecule has 0 aliphatic heterocycles.